The number of amides is 1. The third kappa shape index (κ3) is 5.57. The molecule has 1 fully saturated rings. The van der Waals surface area contributed by atoms with Gasteiger partial charge in [-0.1, -0.05) is 29.8 Å². The van der Waals surface area contributed by atoms with Crippen molar-refractivity contribution in [1.82, 2.24) is 4.72 Å². The summed E-state index contributed by atoms with van der Waals surface area (Å²) in [5.41, 5.74) is -3.11. The Labute approximate surface area is 182 Å². The number of carbonyl (C=O) groups is 1. The van der Waals surface area contributed by atoms with Gasteiger partial charge in [0.1, 0.15) is 0 Å². The molecule has 2 aromatic rings. The third-order valence-corrected chi connectivity index (χ3v) is 6.63. The van der Waals surface area contributed by atoms with Crippen molar-refractivity contribution in [1.29, 1.82) is 0 Å². The number of aliphatic hydroxyl groups is 1. The molecule has 3 rings (SSSR count). The SMILES string of the molecule is CC(O)(c1ccc(NC(=O)Cc2cccc(S(=O)(=O)NC3CC3)c2)cc1Cl)C(F)(F)F. The fraction of sp³-hybridized carbons (Fsp3) is 0.350. The average molecular weight is 477 g/mol. The van der Waals surface area contributed by atoms with Crippen LogP contribution < -0.4 is 10.0 Å². The van der Waals surface area contributed by atoms with Crippen LogP contribution in [0.1, 0.15) is 30.9 Å². The minimum atomic E-state index is -4.93. The molecule has 0 spiro atoms. The molecule has 0 radical (unpaired) electrons. The second-order valence-electron chi connectivity index (χ2n) is 7.53. The molecule has 1 saturated carbocycles. The van der Waals surface area contributed by atoms with E-state index in [4.69, 9.17) is 11.6 Å². The smallest absolute Gasteiger partial charge is 0.376 e. The fourth-order valence-corrected chi connectivity index (χ4v) is 4.58. The summed E-state index contributed by atoms with van der Waals surface area (Å²) in [7, 11) is -3.67. The highest BCUT2D eigenvalue weighted by atomic mass is 35.5. The lowest BCUT2D eigenvalue weighted by Crippen LogP contribution is -2.39. The van der Waals surface area contributed by atoms with Crippen molar-refractivity contribution in [3.63, 3.8) is 0 Å². The van der Waals surface area contributed by atoms with E-state index >= 15 is 0 Å². The van der Waals surface area contributed by atoms with Crippen LogP contribution in [0.25, 0.3) is 0 Å². The molecular weight excluding hydrogens is 457 g/mol. The number of hydrogen-bond donors (Lipinski definition) is 3. The Bertz CT molecular complexity index is 1100. The van der Waals surface area contributed by atoms with Crippen LogP contribution in [0.3, 0.4) is 0 Å². The van der Waals surface area contributed by atoms with Gasteiger partial charge < -0.3 is 10.4 Å². The fourth-order valence-electron chi connectivity index (χ4n) is 2.84. The molecule has 0 bridgehead atoms. The van der Waals surface area contributed by atoms with Crippen molar-refractivity contribution in [2.24, 2.45) is 0 Å². The van der Waals surface area contributed by atoms with Gasteiger partial charge in [0.05, 0.1) is 11.3 Å². The zero-order valence-electron chi connectivity index (χ0n) is 16.3. The van der Waals surface area contributed by atoms with Crippen molar-refractivity contribution in [2.75, 3.05) is 5.32 Å². The van der Waals surface area contributed by atoms with Gasteiger partial charge >= 0.3 is 6.18 Å². The van der Waals surface area contributed by atoms with E-state index in [1.165, 1.54) is 24.3 Å². The Morgan fingerprint density at radius 2 is 1.87 bits per heavy atom. The number of sulfonamides is 1. The largest absolute Gasteiger partial charge is 0.421 e. The third-order valence-electron chi connectivity index (χ3n) is 4.80. The van der Waals surface area contributed by atoms with Crippen LogP contribution in [0.2, 0.25) is 5.02 Å². The first-order chi connectivity index (χ1) is 14.3. The molecule has 1 aliphatic carbocycles. The summed E-state index contributed by atoms with van der Waals surface area (Å²) in [6.07, 6.45) is -3.50. The monoisotopic (exact) mass is 476 g/mol. The Hall–Kier alpha value is -2.14. The summed E-state index contributed by atoms with van der Waals surface area (Å²) in [4.78, 5) is 12.4. The molecule has 31 heavy (non-hydrogen) atoms. The number of hydrogen-bond acceptors (Lipinski definition) is 4. The van der Waals surface area contributed by atoms with Crippen molar-refractivity contribution < 1.29 is 31.5 Å². The van der Waals surface area contributed by atoms with Gasteiger partial charge in [0.25, 0.3) is 0 Å². The molecule has 0 heterocycles. The van der Waals surface area contributed by atoms with Crippen molar-refractivity contribution in [2.45, 2.75) is 48.9 Å². The molecule has 0 aromatic heterocycles. The highest BCUT2D eigenvalue weighted by Gasteiger charge is 2.52. The molecule has 1 aliphatic rings. The molecule has 1 atom stereocenters. The summed E-state index contributed by atoms with van der Waals surface area (Å²) in [6.45, 7) is 0.589. The zero-order valence-corrected chi connectivity index (χ0v) is 17.9. The van der Waals surface area contributed by atoms with E-state index in [0.29, 0.717) is 12.5 Å². The van der Waals surface area contributed by atoms with Gasteiger partial charge in [-0.2, -0.15) is 13.2 Å². The maximum Gasteiger partial charge on any atom is 0.421 e. The number of alkyl halides is 3. The van der Waals surface area contributed by atoms with Gasteiger partial charge in [-0.15, -0.1) is 0 Å². The minimum absolute atomic E-state index is 0.0477. The molecule has 168 valence electrons. The van der Waals surface area contributed by atoms with Crippen molar-refractivity contribution in [3.05, 3.63) is 58.6 Å². The first-order valence-electron chi connectivity index (χ1n) is 9.30. The van der Waals surface area contributed by atoms with E-state index in [2.05, 4.69) is 10.0 Å². The van der Waals surface area contributed by atoms with Crippen molar-refractivity contribution in [3.8, 4) is 0 Å². The predicted octanol–water partition coefficient (Wildman–Crippen LogP) is 3.73. The molecule has 3 N–H and O–H groups in total. The number of nitrogens with one attached hydrogen (secondary N) is 2. The second kappa shape index (κ2) is 8.42. The average Bonchev–Trinajstić information content (AvgIpc) is 3.44. The molecule has 0 aliphatic heterocycles. The first kappa shape index (κ1) is 23.5. The van der Waals surface area contributed by atoms with Gasteiger partial charge in [0.2, 0.25) is 15.9 Å². The maximum atomic E-state index is 13.0. The lowest BCUT2D eigenvalue weighted by Gasteiger charge is -2.27. The van der Waals surface area contributed by atoms with Gasteiger partial charge in [-0.25, -0.2) is 13.1 Å². The van der Waals surface area contributed by atoms with Crippen LogP contribution in [0.15, 0.2) is 47.4 Å². The van der Waals surface area contributed by atoms with E-state index in [0.717, 1.165) is 25.0 Å². The molecule has 0 saturated heterocycles. The number of carbonyl (C=O) groups excluding carboxylic acids is 1. The number of rotatable bonds is 7. The van der Waals surface area contributed by atoms with E-state index in [-0.39, 0.29) is 28.1 Å². The van der Waals surface area contributed by atoms with E-state index in [1.807, 2.05) is 0 Å². The quantitative estimate of drug-likeness (QED) is 0.567. The van der Waals surface area contributed by atoms with Gasteiger partial charge in [0, 0.05) is 22.3 Å². The summed E-state index contributed by atoms with van der Waals surface area (Å²) in [5, 5.41) is 11.9. The molecule has 1 unspecified atom stereocenters. The normalized spacial score (nSPS) is 16.6. The van der Waals surface area contributed by atoms with Crippen LogP contribution in [0, 0.1) is 0 Å². The number of benzene rings is 2. The standard InChI is InChI=1S/C20H20ClF3N2O4S/c1-19(28,20(22,23)24)16-8-7-14(11-17(16)21)25-18(27)10-12-3-2-4-15(9-12)31(29,30)26-13-5-6-13/h2-4,7-9,11,13,26,28H,5-6,10H2,1H3,(H,25,27). The number of anilines is 1. The van der Waals surface area contributed by atoms with Crippen LogP contribution in [0.5, 0.6) is 0 Å². The summed E-state index contributed by atoms with van der Waals surface area (Å²) < 4.78 is 66.2. The summed E-state index contributed by atoms with van der Waals surface area (Å²) in [6, 6.07) is 9.17. The van der Waals surface area contributed by atoms with E-state index in [9.17, 15) is 31.5 Å². The number of halogens is 4. The minimum Gasteiger partial charge on any atom is -0.376 e. The van der Waals surface area contributed by atoms with Crippen molar-refractivity contribution >= 4 is 33.2 Å². The Balaban J connectivity index is 1.70. The van der Waals surface area contributed by atoms with Gasteiger partial charge in [-0.3, -0.25) is 4.79 Å². The maximum absolute atomic E-state index is 13.0. The van der Waals surface area contributed by atoms with Crippen LogP contribution in [-0.2, 0) is 26.8 Å². The van der Waals surface area contributed by atoms with Crippen LogP contribution >= 0.6 is 11.6 Å². The molecule has 2 aromatic carbocycles. The highest BCUT2D eigenvalue weighted by molar-refractivity contribution is 7.89. The molecule has 1 amide bonds. The van der Waals surface area contributed by atoms with Gasteiger partial charge in [-0.05, 0) is 49.6 Å². The molecule has 6 nitrogen and oxygen atoms in total. The van der Waals surface area contributed by atoms with Crippen LogP contribution in [-0.4, -0.2) is 31.6 Å². The topological polar surface area (TPSA) is 95.5 Å². The summed E-state index contributed by atoms with van der Waals surface area (Å²) in [5.74, 6) is -0.518. The Kier molecular flexibility index (Phi) is 6.39. The Morgan fingerprint density at radius 3 is 2.45 bits per heavy atom. The molecular formula is C20H20ClF3N2O4S. The van der Waals surface area contributed by atoms with E-state index < -0.39 is 33.3 Å². The second-order valence-corrected chi connectivity index (χ2v) is 9.65. The van der Waals surface area contributed by atoms with Gasteiger partial charge in [0.15, 0.2) is 5.60 Å². The molecule has 11 heteroatoms. The summed E-state index contributed by atoms with van der Waals surface area (Å²) >= 11 is 5.90. The highest BCUT2D eigenvalue weighted by Crippen LogP contribution is 2.41. The lowest BCUT2D eigenvalue weighted by molar-refractivity contribution is -0.258. The predicted molar refractivity (Wildman–Crippen MR) is 109 cm³/mol. The van der Waals surface area contributed by atoms with E-state index in [1.54, 1.807) is 6.07 Å². The first-order valence-corrected chi connectivity index (χ1v) is 11.2. The lowest BCUT2D eigenvalue weighted by atomic mass is 9.95. The zero-order chi connectivity index (χ0) is 23.0. The van der Waals surface area contributed by atoms with Crippen LogP contribution in [0.4, 0.5) is 18.9 Å². The Morgan fingerprint density at radius 1 is 1.19 bits per heavy atom.